The van der Waals surface area contributed by atoms with Crippen LogP contribution in [0.4, 0.5) is 0 Å². The van der Waals surface area contributed by atoms with Crippen LogP contribution in [0.1, 0.15) is 33.4 Å². The quantitative estimate of drug-likeness (QED) is 0.0456. The maximum absolute atomic E-state index is 2.62. The molecule has 0 radical (unpaired) electrons. The van der Waals surface area contributed by atoms with Crippen LogP contribution >= 0.6 is 0 Å². The number of rotatable bonds is 18. The minimum absolute atomic E-state index is 0. The first kappa shape index (κ1) is 66.1. The van der Waals surface area contributed by atoms with Gasteiger partial charge in [0.05, 0.1) is 0 Å². The van der Waals surface area contributed by atoms with Gasteiger partial charge in [0.15, 0.2) is 0 Å². The number of benzene rings is 15. The molecule has 97 heavy (non-hydrogen) atoms. The van der Waals surface area contributed by atoms with Crippen molar-refractivity contribution in [2.75, 3.05) is 0 Å². The smallest absolute Gasteiger partial charge is 0.121 e. The van der Waals surface area contributed by atoms with Gasteiger partial charge in [-0.05, 0) is 0 Å². The van der Waals surface area contributed by atoms with Crippen molar-refractivity contribution in [2.24, 2.45) is 0 Å². The molecule has 0 unspecified atom stereocenters. The van der Waals surface area contributed by atoms with Crippen LogP contribution in [0.15, 0.2) is 455 Å². The number of hydrogen-bond donors (Lipinski definition) is 0. The summed E-state index contributed by atoms with van der Waals surface area (Å²) in [5.74, 6) is 0. The molecule has 0 saturated carbocycles. The Balaban J connectivity index is 0.000000138. The van der Waals surface area contributed by atoms with Gasteiger partial charge in [-0.3, -0.25) is 0 Å². The summed E-state index contributed by atoms with van der Waals surface area (Å²) < 4.78 is 0. The Morgan fingerprint density at radius 2 is 0.196 bits per heavy atom. The van der Waals surface area contributed by atoms with Crippen molar-refractivity contribution >= 4 is 70.9 Å². The molecule has 0 saturated heterocycles. The summed E-state index contributed by atoms with van der Waals surface area (Å²) in [6, 6.07) is 166. The molecule has 0 atom stereocenters. The zero-order valence-electron chi connectivity index (χ0n) is 54.2. The SMILES string of the molecule is [Cr+6].c1ccc([C-](c2ccccc2)[Si](c2ccccc2)(c2ccccc2)c2ccccc2)cc1.c1ccc([C-](c2ccccc2)[Si](c2ccccc2)(c2ccccc2)c2ccccc2)cc1.c1ccc([C-](c2ccccc2)[Si](c2ccccc2)(c2ccccc2)c2ccccc2)cc1. The zero-order valence-corrected chi connectivity index (χ0v) is 58.5. The summed E-state index contributed by atoms with van der Waals surface area (Å²) in [5.41, 5.74) is 11.9. The van der Waals surface area contributed by atoms with Gasteiger partial charge >= 0.3 is 17.4 Å². The monoisotopic (exact) mass is 1330 g/mol. The van der Waals surface area contributed by atoms with Crippen LogP contribution in [0.5, 0.6) is 0 Å². The van der Waals surface area contributed by atoms with Gasteiger partial charge in [-0.1, -0.05) is 429 Å². The number of hydrogen-bond acceptors (Lipinski definition) is 0. The molecule has 0 heterocycles. The fourth-order valence-corrected chi connectivity index (χ4v) is 29.8. The van der Waals surface area contributed by atoms with Crippen LogP contribution in [-0.4, -0.2) is 24.2 Å². The summed E-state index contributed by atoms with van der Waals surface area (Å²) in [6.45, 7) is 0. The Labute approximate surface area is 588 Å². The van der Waals surface area contributed by atoms with Crippen molar-refractivity contribution in [3.05, 3.63) is 505 Å². The van der Waals surface area contributed by atoms with Gasteiger partial charge in [0, 0.05) is 0 Å². The molecular weight excluding hydrogens is 1250 g/mol. The van der Waals surface area contributed by atoms with E-state index in [2.05, 4.69) is 455 Å². The predicted octanol–water partition coefficient (Wildman–Crippen LogP) is 16.1. The minimum Gasteiger partial charge on any atom is -0.121 e. The molecule has 0 amide bonds. The van der Waals surface area contributed by atoms with Gasteiger partial charge in [0.1, 0.15) is 24.2 Å². The van der Waals surface area contributed by atoms with Crippen LogP contribution in [0.25, 0.3) is 0 Å². The molecule has 0 spiro atoms. The van der Waals surface area contributed by atoms with Crippen LogP contribution < -0.4 is 46.7 Å². The van der Waals surface area contributed by atoms with E-state index in [4.69, 9.17) is 0 Å². The van der Waals surface area contributed by atoms with Gasteiger partial charge in [-0.2, -0.15) is 0 Å². The van der Waals surface area contributed by atoms with E-state index in [0.29, 0.717) is 0 Å². The second-order valence-electron chi connectivity index (χ2n) is 23.9. The fraction of sp³-hybridized carbons (Fsp3) is 0. The van der Waals surface area contributed by atoms with E-state index in [1.165, 1.54) is 96.7 Å². The van der Waals surface area contributed by atoms with Crippen molar-refractivity contribution in [2.45, 2.75) is 0 Å². The Kier molecular flexibility index (Phi) is 22.1. The van der Waals surface area contributed by atoms with Crippen molar-refractivity contribution < 1.29 is 17.4 Å². The Bertz CT molecular complexity index is 3790. The van der Waals surface area contributed by atoms with E-state index in [1.54, 1.807) is 0 Å². The largest absolute Gasteiger partial charge is 6.00 e. The van der Waals surface area contributed by atoms with Gasteiger partial charge in [0.25, 0.3) is 0 Å². The fourth-order valence-electron chi connectivity index (χ4n) is 14.4. The van der Waals surface area contributed by atoms with Gasteiger partial charge in [-0.25, -0.2) is 0 Å². The van der Waals surface area contributed by atoms with E-state index in [-0.39, 0.29) is 17.4 Å². The normalized spacial score (nSPS) is 11.0. The van der Waals surface area contributed by atoms with Crippen LogP contribution in [0, 0.1) is 16.6 Å². The predicted molar refractivity (Wildman–Crippen MR) is 415 cm³/mol. The minimum atomic E-state index is -2.62. The summed E-state index contributed by atoms with van der Waals surface area (Å²) in [4.78, 5) is 0. The first-order valence-electron chi connectivity index (χ1n) is 33.2. The van der Waals surface area contributed by atoms with Crippen molar-refractivity contribution in [1.82, 2.24) is 0 Å². The molecule has 0 aliphatic heterocycles. The molecule has 462 valence electrons. The van der Waals surface area contributed by atoms with Gasteiger partial charge < -0.3 is 0 Å². The molecule has 0 bridgehead atoms. The summed E-state index contributed by atoms with van der Waals surface area (Å²) >= 11 is 0. The third-order valence-electron chi connectivity index (χ3n) is 18.4. The molecule has 15 aromatic rings. The maximum atomic E-state index is 2.32. The van der Waals surface area contributed by atoms with Crippen molar-refractivity contribution in [1.29, 1.82) is 0 Å². The third-order valence-corrected chi connectivity index (χ3v) is 33.1. The summed E-state index contributed by atoms with van der Waals surface area (Å²) in [5, 5.41) is 12.5. The second-order valence-corrected chi connectivity index (χ2v) is 35.1. The van der Waals surface area contributed by atoms with E-state index < -0.39 is 24.2 Å². The van der Waals surface area contributed by atoms with E-state index >= 15 is 0 Å². The van der Waals surface area contributed by atoms with Gasteiger partial charge in [0.2, 0.25) is 0 Å². The van der Waals surface area contributed by atoms with Crippen molar-refractivity contribution in [3.63, 3.8) is 0 Å². The third kappa shape index (κ3) is 14.0. The molecule has 0 aliphatic rings. The average Bonchev–Trinajstić information content (AvgIpc) is 0.743. The molecule has 0 aliphatic carbocycles. The standard InChI is InChI=1S/3C31H25Si.Cr/c3*1-6-16-26(17-7-1)31(27-18-8-2-9-19-27)32(28-20-10-3-11-21-28,29-22-12-4-13-23-29)30-24-14-5-15-25-30;/h3*1-25H;/q3*-1;+6. The van der Waals surface area contributed by atoms with E-state index in [9.17, 15) is 0 Å². The van der Waals surface area contributed by atoms with E-state index in [0.717, 1.165) is 0 Å². The average molecular weight is 1330 g/mol. The molecular formula is C93H75CrSi3+3. The topological polar surface area (TPSA) is 0 Å². The summed E-state index contributed by atoms with van der Waals surface area (Å²) in [6.07, 6.45) is 0. The van der Waals surface area contributed by atoms with Crippen LogP contribution in [0.3, 0.4) is 0 Å². The Hall–Kier alpha value is -10.9. The molecule has 0 aromatic heterocycles. The molecule has 15 rings (SSSR count). The first-order chi connectivity index (χ1) is 47.7. The van der Waals surface area contributed by atoms with Crippen molar-refractivity contribution in [3.8, 4) is 0 Å². The molecule has 0 fully saturated rings. The second kappa shape index (κ2) is 32.5. The van der Waals surface area contributed by atoms with E-state index in [1.807, 2.05) is 0 Å². The van der Waals surface area contributed by atoms with Crippen LogP contribution in [0.2, 0.25) is 0 Å². The Morgan fingerprint density at radius 1 is 0.113 bits per heavy atom. The Morgan fingerprint density at radius 3 is 0.289 bits per heavy atom. The molecule has 4 heteroatoms. The molecule has 0 nitrogen and oxygen atoms in total. The molecule has 15 aromatic carbocycles. The van der Waals surface area contributed by atoms with Gasteiger partial charge in [-0.15, -0.1) is 123 Å². The summed E-state index contributed by atoms with van der Waals surface area (Å²) in [7, 11) is -7.85. The molecule has 0 N–H and O–H groups in total. The zero-order chi connectivity index (χ0) is 64.9. The maximum Gasteiger partial charge on any atom is 6.00 e. The van der Waals surface area contributed by atoms with Crippen LogP contribution in [-0.2, 0) is 17.4 Å². The first-order valence-corrected chi connectivity index (χ1v) is 39.2.